The van der Waals surface area contributed by atoms with Crippen molar-refractivity contribution in [3.63, 3.8) is 0 Å². The fraction of sp³-hybridized carbons (Fsp3) is 0.611. The number of nitrogens with two attached hydrogens (primary N) is 1. The van der Waals surface area contributed by atoms with E-state index in [4.69, 9.17) is 5.73 Å². The van der Waals surface area contributed by atoms with Crippen LogP contribution < -0.4 is 11.1 Å². The van der Waals surface area contributed by atoms with E-state index in [1.807, 2.05) is 12.1 Å². The van der Waals surface area contributed by atoms with Gasteiger partial charge in [0.2, 0.25) is 0 Å². The third kappa shape index (κ3) is 4.24. The molecule has 23 heavy (non-hydrogen) atoms. The number of nitrogen functional groups attached to an aromatic ring is 1. The maximum absolute atomic E-state index is 12.3. The summed E-state index contributed by atoms with van der Waals surface area (Å²) in [4.78, 5) is 17.3. The zero-order valence-corrected chi connectivity index (χ0v) is 14.0. The van der Waals surface area contributed by atoms with Gasteiger partial charge in [0.25, 0.3) is 5.91 Å². The molecule has 2 heterocycles. The van der Waals surface area contributed by atoms with Crippen LogP contribution in [0.5, 0.6) is 0 Å². The van der Waals surface area contributed by atoms with Crippen LogP contribution >= 0.6 is 0 Å². The first kappa shape index (κ1) is 16.3. The molecule has 0 spiro atoms. The molecule has 0 aromatic heterocycles. The quantitative estimate of drug-likeness (QED) is 0.831. The van der Waals surface area contributed by atoms with Crippen LogP contribution in [0.3, 0.4) is 0 Å². The molecular weight excluding hydrogens is 288 g/mol. The predicted octanol–water partition coefficient (Wildman–Crippen LogP) is 1.56. The van der Waals surface area contributed by atoms with E-state index in [1.165, 1.54) is 25.9 Å². The first-order valence-corrected chi connectivity index (χ1v) is 8.71. The first-order valence-electron chi connectivity index (χ1n) is 8.71. The number of rotatable bonds is 3. The van der Waals surface area contributed by atoms with Crippen LogP contribution in [0.15, 0.2) is 24.3 Å². The highest BCUT2D eigenvalue weighted by Gasteiger charge is 2.27. The number of nitrogens with one attached hydrogen (secondary N) is 1. The molecular formula is C18H28N4O. The normalized spacial score (nSPS) is 22.1. The maximum Gasteiger partial charge on any atom is 0.251 e. The molecule has 0 unspecified atom stereocenters. The summed E-state index contributed by atoms with van der Waals surface area (Å²) in [5.74, 6) is -0.00459. The van der Waals surface area contributed by atoms with Crippen molar-refractivity contribution < 1.29 is 4.79 Å². The van der Waals surface area contributed by atoms with Gasteiger partial charge in [-0.1, -0.05) is 6.07 Å². The van der Waals surface area contributed by atoms with Crippen LogP contribution in [0.2, 0.25) is 0 Å². The van der Waals surface area contributed by atoms with Gasteiger partial charge in [-0.15, -0.1) is 0 Å². The van der Waals surface area contributed by atoms with Crippen molar-refractivity contribution in [3.05, 3.63) is 29.8 Å². The van der Waals surface area contributed by atoms with Crippen molar-refractivity contribution >= 4 is 11.6 Å². The number of amides is 1. The third-order valence-corrected chi connectivity index (χ3v) is 5.22. The van der Waals surface area contributed by atoms with Gasteiger partial charge >= 0.3 is 0 Å². The molecule has 2 saturated heterocycles. The first-order chi connectivity index (χ1) is 11.1. The lowest BCUT2D eigenvalue weighted by Gasteiger charge is -2.41. The molecule has 126 valence electrons. The number of anilines is 1. The fourth-order valence-corrected chi connectivity index (χ4v) is 3.72. The van der Waals surface area contributed by atoms with Crippen LogP contribution in [0.1, 0.15) is 36.0 Å². The Balaban J connectivity index is 1.46. The molecule has 5 nitrogen and oxygen atoms in total. The molecule has 0 saturated carbocycles. The van der Waals surface area contributed by atoms with Crippen molar-refractivity contribution in [2.24, 2.45) is 0 Å². The minimum Gasteiger partial charge on any atom is -0.399 e. The lowest BCUT2D eigenvalue weighted by Crippen LogP contribution is -2.50. The highest BCUT2D eigenvalue weighted by Crippen LogP contribution is 2.20. The van der Waals surface area contributed by atoms with E-state index in [9.17, 15) is 4.79 Å². The lowest BCUT2D eigenvalue weighted by molar-refractivity contribution is 0.0807. The van der Waals surface area contributed by atoms with Gasteiger partial charge in [0, 0.05) is 36.4 Å². The standard InChI is InChI=1S/C18H28N4O/c1-21-9-7-17(8-10-21)22-11-5-16(6-12-22)20-18(23)14-3-2-4-15(19)13-14/h2-4,13,16-17H,5-12,19H2,1H3,(H,20,23). The van der Waals surface area contributed by atoms with Crippen molar-refractivity contribution in [1.82, 2.24) is 15.1 Å². The summed E-state index contributed by atoms with van der Waals surface area (Å²) < 4.78 is 0. The number of benzene rings is 1. The zero-order valence-electron chi connectivity index (χ0n) is 14.0. The molecule has 0 atom stereocenters. The van der Waals surface area contributed by atoms with Gasteiger partial charge in [0.05, 0.1) is 0 Å². The van der Waals surface area contributed by atoms with Gasteiger partial charge in [0.15, 0.2) is 0 Å². The molecule has 1 aromatic carbocycles. The van der Waals surface area contributed by atoms with E-state index in [1.54, 1.807) is 12.1 Å². The van der Waals surface area contributed by atoms with Crippen molar-refractivity contribution in [1.29, 1.82) is 0 Å². The molecule has 2 fully saturated rings. The van der Waals surface area contributed by atoms with Gasteiger partial charge in [-0.05, 0) is 64.0 Å². The second kappa shape index (κ2) is 7.32. The van der Waals surface area contributed by atoms with E-state index < -0.39 is 0 Å². The Labute approximate surface area is 138 Å². The summed E-state index contributed by atoms with van der Waals surface area (Å²) in [6, 6.07) is 8.20. The SMILES string of the molecule is CN1CCC(N2CCC(NC(=O)c3cccc(N)c3)CC2)CC1. The van der Waals surface area contributed by atoms with E-state index in [0.29, 0.717) is 11.3 Å². The average Bonchev–Trinajstić information content (AvgIpc) is 2.56. The van der Waals surface area contributed by atoms with Crippen molar-refractivity contribution in [3.8, 4) is 0 Å². The van der Waals surface area contributed by atoms with Gasteiger partial charge in [-0.3, -0.25) is 4.79 Å². The average molecular weight is 316 g/mol. The second-order valence-corrected chi connectivity index (χ2v) is 6.94. The summed E-state index contributed by atoms with van der Waals surface area (Å²) in [7, 11) is 2.20. The highest BCUT2D eigenvalue weighted by molar-refractivity contribution is 5.95. The largest absolute Gasteiger partial charge is 0.399 e. The van der Waals surface area contributed by atoms with Crippen LogP contribution in [-0.4, -0.2) is 61.0 Å². The number of piperidine rings is 2. The third-order valence-electron chi connectivity index (χ3n) is 5.22. The Hall–Kier alpha value is -1.59. The van der Waals surface area contributed by atoms with Crippen molar-refractivity contribution in [2.75, 3.05) is 39.0 Å². The van der Waals surface area contributed by atoms with Crippen molar-refractivity contribution in [2.45, 2.75) is 37.8 Å². The van der Waals surface area contributed by atoms with Gasteiger partial charge in [-0.2, -0.15) is 0 Å². The van der Waals surface area contributed by atoms with Crippen LogP contribution in [-0.2, 0) is 0 Å². The topological polar surface area (TPSA) is 61.6 Å². The van der Waals surface area contributed by atoms with Gasteiger partial charge in [0.1, 0.15) is 0 Å². The minimum atomic E-state index is -0.00459. The number of carbonyl (C=O) groups excluding carboxylic acids is 1. The summed E-state index contributed by atoms with van der Waals surface area (Å²) >= 11 is 0. The molecule has 0 aliphatic carbocycles. The summed E-state index contributed by atoms with van der Waals surface area (Å²) in [5.41, 5.74) is 7.04. The van der Waals surface area contributed by atoms with E-state index in [-0.39, 0.29) is 11.9 Å². The van der Waals surface area contributed by atoms with E-state index in [2.05, 4.69) is 22.2 Å². The molecule has 3 rings (SSSR count). The number of likely N-dealkylation sites (tertiary alicyclic amines) is 2. The van der Waals surface area contributed by atoms with Crippen LogP contribution in [0.4, 0.5) is 5.69 Å². The number of hydrogen-bond acceptors (Lipinski definition) is 4. The molecule has 1 amide bonds. The zero-order chi connectivity index (χ0) is 16.2. The molecule has 3 N–H and O–H groups in total. The van der Waals surface area contributed by atoms with Gasteiger partial charge < -0.3 is 20.9 Å². The van der Waals surface area contributed by atoms with Gasteiger partial charge in [-0.25, -0.2) is 0 Å². The monoisotopic (exact) mass is 316 g/mol. The molecule has 1 aromatic rings. The number of hydrogen-bond donors (Lipinski definition) is 2. The minimum absolute atomic E-state index is 0.00459. The number of nitrogens with zero attached hydrogens (tertiary/aromatic N) is 2. The predicted molar refractivity (Wildman–Crippen MR) is 93.4 cm³/mol. The summed E-state index contributed by atoms with van der Waals surface area (Å²) in [5, 5.41) is 3.16. The highest BCUT2D eigenvalue weighted by atomic mass is 16.1. The molecule has 2 aliphatic rings. The summed E-state index contributed by atoms with van der Waals surface area (Å²) in [6.45, 7) is 4.60. The Kier molecular flexibility index (Phi) is 5.18. The van der Waals surface area contributed by atoms with Crippen LogP contribution in [0, 0.1) is 0 Å². The smallest absolute Gasteiger partial charge is 0.251 e. The molecule has 5 heteroatoms. The Morgan fingerprint density at radius 2 is 1.83 bits per heavy atom. The van der Waals surface area contributed by atoms with E-state index >= 15 is 0 Å². The summed E-state index contributed by atoms with van der Waals surface area (Å²) in [6.07, 6.45) is 4.63. The number of carbonyl (C=O) groups is 1. The second-order valence-electron chi connectivity index (χ2n) is 6.94. The Morgan fingerprint density at radius 3 is 2.48 bits per heavy atom. The fourth-order valence-electron chi connectivity index (χ4n) is 3.72. The Morgan fingerprint density at radius 1 is 1.13 bits per heavy atom. The molecule has 0 radical (unpaired) electrons. The Bertz CT molecular complexity index is 532. The van der Waals surface area contributed by atoms with E-state index in [0.717, 1.165) is 32.0 Å². The lowest BCUT2D eigenvalue weighted by atomic mass is 9.98. The molecule has 0 bridgehead atoms. The maximum atomic E-state index is 12.3. The van der Waals surface area contributed by atoms with Crippen LogP contribution in [0.25, 0.3) is 0 Å². The molecule has 2 aliphatic heterocycles.